The third kappa shape index (κ3) is 4.89. The molecule has 0 aliphatic heterocycles. The van der Waals surface area contributed by atoms with Gasteiger partial charge >= 0.3 is 0 Å². The summed E-state index contributed by atoms with van der Waals surface area (Å²) < 4.78 is 0. The number of hydrogen-bond acceptors (Lipinski definition) is 3. The molecule has 0 saturated heterocycles. The molecule has 0 saturated carbocycles. The van der Waals surface area contributed by atoms with Gasteiger partial charge < -0.3 is 10.2 Å². The van der Waals surface area contributed by atoms with Crippen molar-refractivity contribution < 1.29 is 10.2 Å². The Morgan fingerprint density at radius 3 is 2.15 bits per heavy atom. The number of aliphatic hydroxyl groups excluding tert-OH is 2. The van der Waals surface area contributed by atoms with E-state index in [1.165, 1.54) is 0 Å². The number of hydrogen-bond donors (Lipinski definition) is 2. The Balaban J connectivity index is 3.89. The van der Waals surface area contributed by atoms with E-state index in [9.17, 15) is 10.2 Å². The molecule has 0 heterocycles. The lowest BCUT2D eigenvalue weighted by atomic mass is 9.81. The molecular weight excluding hydrogens is 184 g/mol. The van der Waals surface area contributed by atoms with Crippen molar-refractivity contribution in [2.75, 3.05) is 25.2 Å². The van der Waals surface area contributed by atoms with Gasteiger partial charge in [0.2, 0.25) is 0 Å². The summed E-state index contributed by atoms with van der Waals surface area (Å²) in [5.74, 6) is 1.12. The second-order valence-corrected chi connectivity index (χ2v) is 4.65. The SMILES string of the molecule is CCCC(CO)(CO)CCCSC. The van der Waals surface area contributed by atoms with Crippen LogP contribution in [-0.2, 0) is 0 Å². The molecule has 0 atom stereocenters. The quantitative estimate of drug-likeness (QED) is 0.596. The molecule has 3 heteroatoms. The van der Waals surface area contributed by atoms with Crippen LogP contribution in [-0.4, -0.2) is 35.4 Å². The fourth-order valence-electron chi connectivity index (χ4n) is 1.61. The lowest BCUT2D eigenvalue weighted by Gasteiger charge is -2.29. The molecule has 0 fully saturated rings. The first kappa shape index (κ1) is 13.3. The molecule has 0 aliphatic carbocycles. The topological polar surface area (TPSA) is 40.5 Å². The van der Waals surface area contributed by atoms with Crippen LogP contribution in [0.4, 0.5) is 0 Å². The van der Waals surface area contributed by atoms with Crippen LogP contribution in [0.1, 0.15) is 32.6 Å². The molecule has 2 N–H and O–H groups in total. The van der Waals surface area contributed by atoms with E-state index < -0.39 is 0 Å². The second-order valence-electron chi connectivity index (χ2n) is 3.66. The van der Waals surface area contributed by atoms with Crippen LogP contribution in [0.25, 0.3) is 0 Å². The van der Waals surface area contributed by atoms with Crippen LogP contribution in [0.5, 0.6) is 0 Å². The molecule has 0 aromatic carbocycles. The Bertz CT molecular complexity index is 113. The van der Waals surface area contributed by atoms with Crippen molar-refractivity contribution in [3.8, 4) is 0 Å². The monoisotopic (exact) mass is 206 g/mol. The predicted octanol–water partition coefficient (Wildman–Crippen LogP) is 1.90. The highest BCUT2D eigenvalue weighted by atomic mass is 32.2. The second kappa shape index (κ2) is 7.65. The van der Waals surface area contributed by atoms with E-state index in [0.717, 1.165) is 31.4 Å². The molecule has 0 aliphatic rings. The molecule has 80 valence electrons. The minimum absolute atomic E-state index is 0.117. The maximum atomic E-state index is 9.24. The molecule has 13 heavy (non-hydrogen) atoms. The molecule has 0 bridgehead atoms. The highest BCUT2D eigenvalue weighted by Gasteiger charge is 2.26. The largest absolute Gasteiger partial charge is 0.396 e. The number of rotatable bonds is 8. The van der Waals surface area contributed by atoms with Crippen molar-refractivity contribution in [3.63, 3.8) is 0 Å². The first-order valence-corrected chi connectivity index (χ1v) is 6.34. The summed E-state index contributed by atoms with van der Waals surface area (Å²) in [5.41, 5.74) is -0.218. The van der Waals surface area contributed by atoms with Crippen molar-refractivity contribution in [2.24, 2.45) is 5.41 Å². The van der Waals surface area contributed by atoms with Gasteiger partial charge in [-0.15, -0.1) is 0 Å². The first-order valence-electron chi connectivity index (χ1n) is 4.95. The number of thioether (sulfide) groups is 1. The van der Waals surface area contributed by atoms with Gasteiger partial charge in [-0.1, -0.05) is 13.3 Å². The van der Waals surface area contributed by atoms with Crippen molar-refractivity contribution in [3.05, 3.63) is 0 Å². The van der Waals surface area contributed by atoms with Gasteiger partial charge in [0.15, 0.2) is 0 Å². The average Bonchev–Trinajstić information content (AvgIpc) is 2.17. The van der Waals surface area contributed by atoms with Gasteiger partial charge in [-0.3, -0.25) is 0 Å². The van der Waals surface area contributed by atoms with Crippen LogP contribution < -0.4 is 0 Å². The smallest absolute Gasteiger partial charge is 0.0509 e. The maximum Gasteiger partial charge on any atom is 0.0509 e. The van der Waals surface area contributed by atoms with Crippen LogP contribution >= 0.6 is 11.8 Å². The van der Waals surface area contributed by atoms with E-state index in [2.05, 4.69) is 13.2 Å². The Labute approximate surface area is 85.7 Å². The van der Waals surface area contributed by atoms with E-state index in [0.29, 0.717) is 0 Å². The maximum absolute atomic E-state index is 9.24. The summed E-state index contributed by atoms with van der Waals surface area (Å²) in [6.45, 7) is 2.33. The minimum Gasteiger partial charge on any atom is -0.396 e. The lowest BCUT2D eigenvalue weighted by molar-refractivity contribution is 0.0388. The predicted molar refractivity (Wildman–Crippen MR) is 59.1 cm³/mol. The Morgan fingerprint density at radius 2 is 1.77 bits per heavy atom. The van der Waals surface area contributed by atoms with Gasteiger partial charge in [-0.05, 0) is 31.3 Å². The summed E-state index contributed by atoms with van der Waals surface area (Å²) in [6.07, 6.45) is 6.06. The summed E-state index contributed by atoms with van der Waals surface area (Å²) in [4.78, 5) is 0. The standard InChI is InChI=1S/C10H22O2S/c1-3-5-10(8-11,9-12)6-4-7-13-2/h11-12H,3-9H2,1-2H3. The van der Waals surface area contributed by atoms with Crippen molar-refractivity contribution in [2.45, 2.75) is 32.6 Å². The molecule has 0 spiro atoms. The summed E-state index contributed by atoms with van der Waals surface area (Å²) in [5, 5.41) is 18.5. The van der Waals surface area contributed by atoms with Gasteiger partial charge in [-0.2, -0.15) is 11.8 Å². The molecule has 0 unspecified atom stereocenters. The van der Waals surface area contributed by atoms with E-state index >= 15 is 0 Å². The third-order valence-electron chi connectivity index (χ3n) is 2.51. The highest BCUT2D eigenvalue weighted by Crippen LogP contribution is 2.29. The zero-order valence-electron chi connectivity index (χ0n) is 8.75. The molecule has 0 aromatic rings. The zero-order chi connectivity index (χ0) is 10.2. The molecule has 2 nitrogen and oxygen atoms in total. The lowest BCUT2D eigenvalue weighted by Crippen LogP contribution is -2.29. The van der Waals surface area contributed by atoms with Crippen LogP contribution in [0.15, 0.2) is 0 Å². The van der Waals surface area contributed by atoms with E-state index in [1.54, 1.807) is 0 Å². The van der Waals surface area contributed by atoms with E-state index in [4.69, 9.17) is 0 Å². The molecule has 0 amide bonds. The van der Waals surface area contributed by atoms with Gasteiger partial charge in [0, 0.05) is 5.41 Å². The normalized spacial score (nSPS) is 12.0. The highest BCUT2D eigenvalue weighted by molar-refractivity contribution is 7.98. The zero-order valence-corrected chi connectivity index (χ0v) is 9.57. The van der Waals surface area contributed by atoms with Crippen molar-refractivity contribution in [1.82, 2.24) is 0 Å². The summed E-state index contributed by atoms with van der Waals surface area (Å²) in [6, 6.07) is 0. The Kier molecular flexibility index (Phi) is 7.81. The summed E-state index contributed by atoms with van der Waals surface area (Å²) in [7, 11) is 0. The van der Waals surface area contributed by atoms with Gasteiger partial charge in [0.05, 0.1) is 13.2 Å². The molecule has 0 radical (unpaired) electrons. The van der Waals surface area contributed by atoms with Crippen molar-refractivity contribution in [1.29, 1.82) is 0 Å². The van der Waals surface area contributed by atoms with E-state index in [1.807, 2.05) is 11.8 Å². The van der Waals surface area contributed by atoms with Gasteiger partial charge in [-0.25, -0.2) is 0 Å². The Morgan fingerprint density at radius 1 is 1.15 bits per heavy atom. The van der Waals surface area contributed by atoms with Crippen molar-refractivity contribution >= 4 is 11.8 Å². The minimum atomic E-state index is -0.218. The third-order valence-corrected chi connectivity index (χ3v) is 3.20. The van der Waals surface area contributed by atoms with Gasteiger partial charge in [0.25, 0.3) is 0 Å². The Hall–Kier alpha value is 0.270. The van der Waals surface area contributed by atoms with Gasteiger partial charge in [0.1, 0.15) is 0 Å². The van der Waals surface area contributed by atoms with Crippen LogP contribution in [0.2, 0.25) is 0 Å². The first-order chi connectivity index (χ1) is 6.24. The fourth-order valence-corrected chi connectivity index (χ4v) is 2.05. The molecule has 0 rings (SSSR count). The van der Waals surface area contributed by atoms with Crippen LogP contribution in [0, 0.1) is 5.41 Å². The number of aliphatic hydroxyl groups is 2. The molecule has 0 aromatic heterocycles. The summed E-state index contributed by atoms with van der Waals surface area (Å²) >= 11 is 1.82. The molecular formula is C10H22O2S. The van der Waals surface area contributed by atoms with Crippen LogP contribution in [0.3, 0.4) is 0 Å². The average molecular weight is 206 g/mol. The van der Waals surface area contributed by atoms with E-state index in [-0.39, 0.29) is 18.6 Å². The fraction of sp³-hybridized carbons (Fsp3) is 1.00.